The number of carboxylic acids is 1. The maximum atomic E-state index is 13.3. The predicted molar refractivity (Wildman–Crippen MR) is 153 cm³/mol. The average molecular weight is 594 g/mol. The molecule has 1 aliphatic carbocycles. The molecule has 39 heavy (non-hydrogen) atoms. The van der Waals surface area contributed by atoms with Crippen LogP contribution in [0.5, 0.6) is 0 Å². The van der Waals surface area contributed by atoms with E-state index in [-0.39, 0.29) is 12.5 Å². The number of rotatable bonds is 11. The number of aromatic nitrogens is 5. The van der Waals surface area contributed by atoms with Crippen LogP contribution < -0.4 is 0 Å². The van der Waals surface area contributed by atoms with Crippen molar-refractivity contribution in [1.82, 2.24) is 30.5 Å². The molecular weight excluding hydrogens is 560 g/mol. The third-order valence-electron chi connectivity index (χ3n) is 7.80. The van der Waals surface area contributed by atoms with Crippen molar-refractivity contribution in [2.75, 3.05) is 6.54 Å². The van der Waals surface area contributed by atoms with Gasteiger partial charge in [-0.2, -0.15) is 5.21 Å². The molecule has 1 aliphatic rings. The Balaban J connectivity index is 1.40. The molecule has 2 aromatic heterocycles. The summed E-state index contributed by atoms with van der Waals surface area (Å²) < 4.78 is 0.935. The lowest BCUT2D eigenvalue weighted by molar-refractivity contribution is -0.151. The molecule has 2 heterocycles. The molecule has 10 heteroatoms. The van der Waals surface area contributed by atoms with Gasteiger partial charge in [0.05, 0.1) is 15.6 Å². The van der Waals surface area contributed by atoms with Crippen LogP contribution in [0.4, 0.5) is 0 Å². The molecule has 5 rings (SSSR count). The molecule has 1 saturated carbocycles. The highest BCUT2D eigenvalue weighted by atomic mass is 79.9. The number of unbranched alkanes of at least 4 members (excludes halogenated alkanes) is 2. The highest BCUT2D eigenvalue weighted by Crippen LogP contribution is 2.40. The second kappa shape index (κ2) is 11.7. The molecule has 3 N–H and O–H groups in total. The zero-order valence-corrected chi connectivity index (χ0v) is 23.6. The SMILES string of the molecule is CCCCCC(=O)N(Cc1ccc2[nH]c(-c3ccc(-c4nn[nH]n4)cc3)c(Br)c2c1)CC1(C(=O)O)CCCC1. The summed E-state index contributed by atoms with van der Waals surface area (Å²) >= 11 is 3.79. The lowest BCUT2D eigenvalue weighted by Crippen LogP contribution is -2.44. The third-order valence-corrected chi connectivity index (χ3v) is 8.63. The van der Waals surface area contributed by atoms with Crippen LogP contribution in [0.25, 0.3) is 33.5 Å². The summed E-state index contributed by atoms with van der Waals surface area (Å²) in [6, 6.07) is 14.0. The number of halogens is 1. The Morgan fingerprint density at radius 3 is 2.49 bits per heavy atom. The number of H-pyrrole nitrogens is 2. The summed E-state index contributed by atoms with van der Waals surface area (Å²) in [4.78, 5) is 30.9. The number of aromatic amines is 2. The van der Waals surface area contributed by atoms with Gasteiger partial charge in [-0.3, -0.25) is 9.59 Å². The minimum Gasteiger partial charge on any atom is -0.481 e. The predicted octanol–water partition coefficient (Wildman–Crippen LogP) is 6.33. The molecule has 0 spiro atoms. The highest BCUT2D eigenvalue weighted by molar-refractivity contribution is 9.10. The van der Waals surface area contributed by atoms with E-state index in [1.54, 1.807) is 4.90 Å². The normalized spacial score (nSPS) is 14.6. The van der Waals surface area contributed by atoms with E-state index in [1.807, 2.05) is 36.4 Å². The maximum Gasteiger partial charge on any atom is 0.311 e. The minimum absolute atomic E-state index is 0.0339. The smallest absolute Gasteiger partial charge is 0.311 e. The number of carboxylic acid groups (broad SMARTS) is 1. The Morgan fingerprint density at radius 1 is 1.08 bits per heavy atom. The van der Waals surface area contributed by atoms with Gasteiger partial charge in [-0.1, -0.05) is 62.9 Å². The standard InChI is InChI=1S/C29H33BrN6O3/c1-2-3-4-7-24(37)36(18-29(28(38)39)14-5-6-15-29)17-19-8-13-23-22(16-19)25(30)26(31-23)20-9-11-21(12-10-20)27-32-34-35-33-27/h8-13,16,31H,2-7,14-15,17-18H2,1H3,(H,38,39)(H,32,33,34,35). The highest BCUT2D eigenvalue weighted by Gasteiger charge is 2.43. The molecule has 0 bridgehead atoms. The number of amides is 1. The fourth-order valence-electron chi connectivity index (χ4n) is 5.57. The molecule has 0 unspecified atom stereocenters. The Kier molecular flexibility index (Phi) is 8.11. The Labute approximate surface area is 235 Å². The lowest BCUT2D eigenvalue weighted by atomic mass is 9.85. The van der Waals surface area contributed by atoms with Gasteiger partial charge < -0.3 is 15.0 Å². The van der Waals surface area contributed by atoms with Crippen LogP contribution in [0.15, 0.2) is 46.9 Å². The summed E-state index contributed by atoms with van der Waals surface area (Å²) in [5, 5.41) is 25.2. The zero-order valence-electron chi connectivity index (χ0n) is 22.0. The van der Waals surface area contributed by atoms with E-state index in [0.29, 0.717) is 31.6 Å². The molecule has 0 radical (unpaired) electrons. The van der Waals surface area contributed by atoms with Gasteiger partial charge in [-0.05, 0) is 63.7 Å². The first-order valence-electron chi connectivity index (χ1n) is 13.6. The summed E-state index contributed by atoms with van der Waals surface area (Å²) in [7, 11) is 0. The van der Waals surface area contributed by atoms with Crippen LogP contribution >= 0.6 is 15.9 Å². The maximum absolute atomic E-state index is 13.3. The van der Waals surface area contributed by atoms with E-state index in [4.69, 9.17) is 0 Å². The Bertz CT molecular complexity index is 1440. The Hall–Kier alpha value is -3.53. The van der Waals surface area contributed by atoms with Gasteiger partial charge in [0.25, 0.3) is 0 Å². The van der Waals surface area contributed by atoms with Gasteiger partial charge >= 0.3 is 5.97 Å². The van der Waals surface area contributed by atoms with Crippen LogP contribution in [-0.4, -0.2) is 54.0 Å². The zero-order chi connectivity index (χ0) is 27.4. The van der Waals surface area contributed by atoms with E-state index in [0.717, 1.165) is 69.9 Å². The molecular formula is C29H33BrN6O3. The van der Waals surface area contributed by atoms with Crippen LogP contribution in [0.3, 0.4) is 0 Å². The van der Waals surface area contributed by atoms with Gasteiger partial charge in [-0.15, -0.1) is 10.2 Å². The van der Waals surface area contributed by atoms with Gasteiger partial charge in [0.15, 0.2) is 0 Å². The van der Waals surface area contributed by atoms with Crippen LogP contribution in [0.1, 0.15) is 63.9 Å². The molecule has 9 nitrogen and oxygen atoms in total. The van der Waals surface area contributed by atoms with E-state index in [1.165, 1.54) is 0 Å². The number of fused-ring (bicyclic) bond motifs is 1. The molecule has 2 aromatic carbocycles. The average Bonchev–Trinajstić information content (AvgIpc) is 3.70. The number of nitrogens with zero attached hydrogens (tertiary/aromatic N) is 4. The number of benzene rings is 2. The summed E-state index contributed by atoms with van der Waals surface area (Å²) in [5.41, 5.74) is 3.92. The quantitative estimate of drug-likeness (QED) is 0.174. The number of carbonyl (C=O) groups excluding carboxylic acids is 1. The van der Waals surface area contributed by atoms with Gasteiger partial charge in [-0.25, -0.2) is 0 Å². The van der Waals surface area contributed by atoms with Crippen LogP contribution in [-0.2, 0) is 16.1 Å². The van der Waals surface area contributed by atoms with Crippen LogP contribution in [0.2, 0.25) is 0 Å². The van der Waals surface area contributed by atoms with Gasteiger partial charge in [0.1, 0.15) is 0 Å². The molecule has 4 aromatic rings. The largest absolute Gasteiger partial charge is 0.481 e. The van der Waals surface area contributed by atoms with Crippen molar-refractivity contribution in [1.29, 1.82) is 0 Å². The first-order valence-corrected chi connectivity index (χ1v) is 14.3. The van der Waals surface area contributed by atoms with Gasteiger partial charge in [0, 0.05) is 36.0 Å². The number of tetrazole rings is 1. The Morgan fingerprint density at radius 2 is 1.82 bits per heavy atom. The molecule has 1 fully saturated rings. The van der Waals surface area contributed by atoms with E-state index in [9.17, 15) is 14.7 Å². The van der Waals surface area contributed by atoms with E-state index < -0.39 is 11.4 Å². The molecule has 204 valence electrons. The summed E-state index contributed by atoms with van der Waals surface area (Å²) in [6.45, 7) is 2.76. The fraction of sp³-hybridized carbons (Fsp3) is 0.414. The third kappa shape index (κ3) is 5.75. The first-order chi connectivity index (χ1) is 18.9. The van der Waals surface area contributed by atoms with Crippen molar-refractivity contribution < 1.29 is 14.7 Å². The number of hydrogen-bond acceptors (Lipinski definition) is 5. The van der Waals surface area contributed by atoms with Crippen molar-refractivity contribution in [3.8, 4) is 22.6 Å². The van der Waals surface area contributed by atoms with Crippen molar-refractivity contribution in [2.24, 2.45) is 5.41 Å². The number of aliphatic carboxylic acids is 1. The summed E-state index contributed by atoms with van der Waals surface area (Å²) in [5.74, 6) is -0.213. The second-order valence-electron chi connectivity index (χ2n) is 10.5. The van der Waals surface area contributed by atoms with Crippen molar-refractivity contribution in [3.05, 3.63) is 52.5 Å². The minimum atomic E-state index is -0.847. The number of nitrogens with one attached hydrogen (secondary N) is 2. The van der Waals surface area contributed by atoms with Crippen molar-refractivity contribution in [2.45, 2.75) is 64.8 Å². The fourth-order valence-corrected chi connectivity index (χ4v) is 6.22. The van der Waals surface area contributed by atoms with Gasteiger partial charge in [0.2, 0.25) is 11.7 Å². The molecule has 0 atom stereocenters. The van der Waals surface area contributed by atoms with Crippen molar-refractivity contribution >= 4 is 38.7 Å². The monoisotopic (exact) mass is 592 g/mol. The second-order valence-corrected chi connectivity index (χ2v) is 11.3. The molecule has 1 amide bonds. The number of hydrogen-bond donors (Lipinski definition) is 3. The summed E-state index contributed by atoms with van der Waals surface area (Å²) in [6.07, 6.45) is 6.33. The van der Waals surface area contributed by atoms with E-state index >= 15 is 0 Å². The van der Waals surface area contributed by atoms with Crippen LogP contribution in [0, 0.1) is 5.41 Å². The van der Waals surface area contributed by atoms with E-state index in [2.05, 4.69) is 54.5 Å². The number of carbonyl (C=O) groups is 2. The molecule has 0 aliphatic heterocycles. The molecule has 0 saturated heterocycles. The first kappa shape index (κ1) is 27.1. The topological polar surface area (TPSA) is 128 Å². The van der Waals surface area contributed by atoms with Crippen molar-refractivity contribution in [3.63, 3.8) is 0 Å². The lowest BCUT2D eigenvalue weighted by Gasteiger charge is -2.32.